The summed E-state index contributed by atoms with van der Waals surface area (Å²) in [7, 11) is 0. The van der Waals surface area contributed by atoms with Crippen LogP contribution in [0.15, 0.2) is 30.3 Å². The molecule has 0 radical (unpaired) electrons. The molecule has 1 atom stereocenters. The van der Waals surface area contributed by atoms with Crippen molar-refractivity contribution in [3.63, 3.8) is 0 Å². The van der Waals surface area contributed by atoms with Crippen molar-refractivity contribution in [1.29, 1.82) is 0 Å². The molecule has 0 aliphatic carbocycles. The molecule has 2 amide bonds. The molecule has 0 fully saturated rings. The number of hydrogen-bond acceptors (Lipinski definition) is 4. The van der Waals surface area contributed by atoms with Crippen molar-refractivity contribution in [2.45, 2.75) is 45.1 Å². The van der Waals surface area contributed by atoms with Gasteiger partial charge in [0.2, 0.25) is 11.8 Å². The first-order valence-electron chi connectivity index (χ1n) is 8.10. The van der Waals surface area contributed by atoms with Crippen LogP contribution < -0.4 is 10.6 Å². The van der Waals surface area contributed by atoms with Gasteiger partial charge in [0.25, 0.3) is 0 Å². The maximum Gasteiger partial charge on any atom is 0.220 e. The summed E-state index contributed by atoms with van der Waals surface area (Å²) in [5.74, 6) is -0.438. The lowest BCUT2D eigenvalue weighted by Gasteiger charge is -2.11. The topological polar surface area (TPSA) is 92.3 Å². The summed E-state index contributed by atoms with van der Waals surface area (Å²) in [6, 6.07) is 8.42. The van der Waals surface area contributed by atoms with E-state index < -0.39 is 6.04 Å². The fraction of sp³-hybridized carbons (Fsp3) is 0.444. The van der Waals surface area contributed by atoms with E-state index in [-0.39, 0.29) is 30.4 Å². The average molecular weight is 332 g/mol. The van der Waals surface area contributed by atoms with Crippen LogP contribution in [-0.2, 0) is 14.4 Å². The largest absolute Gasteiger partial charge is 0.356 e. The van der Waals surface area contributed by atoms with Gasteiger partial charge in [0.15, 0.2) is 5.78 Å². The molecule has 1 rings (SSSR count). The van der Waals surface area contributed by atoms with Gasteiger partial charge in [-0.3, -0.25) is 14.4 Å². The van der Waals surface area contributed by atoms with Gasteiger partial charge < -0.3 is 15.4 Å². The van der Waals surface area contributed by atoms with Crippen LogP contribution in [0.1, 0.15) is 49.4 Å². The molecular formula is C18H24N2O4. The molecule has 1 aromatic carbocycles. The smallest absolute Gasteiger partial charge is 0.220 e. The lowest BCUT2D eigenvalue weighted by atomic mass is 10.1. The highest BCUT2D eigenvalue weighted by atomic mass is 16.2. The Morgan fingerprint density at radius 3 is 2.42 bits per heavy atom. The van der Waals surface area contributed by atoms with Crippen molar-refractivity contribution >= 4 is 23.9 Å². The van der Waals surface area contributed by atoms with Crippen LogP contribution in [0.25, 0.3) is 0 Å². The molecule has 6 nitrogen and oxygen atoms in total. The molecule has 0 spiro atoms. The van der Waals surface area contributed by atoms with E-state index in [1.165, 1.54) is 6.92 Å². The van der Waals surface area contributed by atoms with Gasteiger partial charge >= 0.3 is 0 Å². The Kier molecular flexibility index (Phi) is 9.04. The predicted molar refractivity (Wildman–Crippen MR) is 90.5 cm³/mol. The molecule has 0 heterocycles. The molecule has 0 saturated heterocycles. The fourth-order valence-corrected chi connectivity index (χ4v) is 2.24. The maximum atomic E-state index is 11.9. The molecule has 0 bridgehead atoms. The van der Waals surface area contributed by atoms with Gasteiger partial charge in [0, 0.05) is 31.9 Å². The first-order chi connectivity index (χ1) is 11.5. The number of aldehydes is 1. The summed E-state index contributed by atoms with van der Waals surface area (Å²) in [5, 5.41) is 5.30. The summed E-state index contributed by atoms with van der Waals surface area (Å²) in [5.41, 5.74) is 0.614. The van der Waals surface area contributed by atoms with E-state index in [9.17, 15) is 19.2 Å². The average Bonchev–Trinajstić information content (AvgIpc) is 2.58. The minimum absolute atomic E-state index is 0.0464. The molecule has 1 unspecified atom stereocenters. The number of benzene rings is 1. The van der Waals surface area contributed by atoms with Crippen LogP contribution in [-0.4, -0.2) is 36.5 Å². The van der Waals surface area contributed by atoms with Gasteiger partial charge in [-0.05, 0) is 19.3 Å². The van der Waals surface area contributed by atoms with Gasteiger partial charge in [-0.15, -0.1) is 0 Å². The van der Waals surface area contributed by atoms with E-state index >= 15 is 0 Å². The molecule has 0 aliphatic rings. The maximum absolute atomic E-state index is 11.9. The first-order valence-corrected chi connectivity index (χ1v) is 8.10. The van der Waals surface area contributed by atoms with Crippen molar-refractivity contribution in [2.24, 2.45) is 0 Å². The Morgan fingerprint density at radius 1 is 1.08 bits per heavy atom. The number of carbonyl (C=O) groups excluding carboxylic acids is 4. The monoisotopic (exact) mass is 332 g/mol. The number of nitrogens with one attached hydrogen (secondary N) is 2. The normalized spacial score (nSPS) is 11.4. The van der Waals surface area contributed by atoms with E-state index in [2.05, 4.69) is 10.6 Å². The highest BCUT2D eigenvalue weighted by Gasteiger charge is 2.10. The summed E-state index contributed by atoms with van der Waals surface area (Å²) in [6.07, 6.45) is 3.04. The van der Waals surface area contributed by atoms with Crippen molar-refractivity contribution in [1.82, 2.24) is 10.6 Å². The zero-order valence-electron chi connectivity index (χ0n) is 13.9. The molecule has 130 valence electrons. The zero-order valence-corrected chi connectivity index (χ0v) is 13.9. The van der Waals surface area contributed by atoms with Crippen molar-refractivity contribution < 1.29 is 19.2 Å². The molecule has 0 saturated carbocycles. The van der Waals surface area contributed by atoms with Gasteiger partial charge in [0.1, 0.15) is 6.29 Å². The van der Waals surface area contributed by atoms with E-state index in [0.717, 1.165) is 6.29 Å². The van der Waals surface area contributed by atoms with Crippen molar-refractivity contribution in [3.8, 4) is 0 Å². The lowest BCUT2D eigenvalue weighted by molar-refractivity contribution is -0.122. The predicted octanol–water partition coefficient (Wildman–Crippen LogP) is 1.64. The molecule has 2 N–H and O–H groups in total. The number of rotatable bonds is 11. The second-order valence-electron chi connectivity index (χ2n) is 5.58. The minimum Gasteiger partial charge on any atom is -0.356 e. The van der Waals surface area contributed by atoms with Gasteiger partial charge in [-0.1, -0.05) is 30.3 Å². The van der Waals surface area contributed by atoms with Crippen LogP contribution in [0.2, 0.25) is 0 Å². The minimum atomic E-state index is -0.471. The summed E-state index contributed by atoms with van der Waals surface area (Å²) >= 11 is 0. The van der Waals surface area contributed by atoms with Gasteiger partial charge in [-0.25, -0.2) is 0 Å². The van der Waals surface area contributed by atoms with E-state index in [4.69, 9.17) is 0 Å². The molecular weight excluding hydrogens is 308 g/mol. The Hall–Kier alpha value is -2.50. The Bertz CT molecular complexity index is 557. The molecule has 0 aliphatic heterocycles. The number of hydrogen-bond donors (Lipinski definition) is 2. The number of unbranched alkanes of at least 4 members (excludes halogenated alkanes) is 1. The number of amides is 2. The van der Waals surface area contributed by atoms with Gasteiger partial charge in [-0.2, -0.15) is 0 Å². The molecule has 24 heavy (non-hydrogen) atoms. The van der Waals surface area contributed by atoms with Crippen LogP contribution in [0.4, 0.5) is 0 Å². The Morgan fingerprint density at radius 2 is 1.79 bits per heavy atom. The highest BCUT2D eigenvalue weighted by molar-refractivity contribution is 5.97. The molecule has 0 aromatic heterocycles. The third-order valence-electron chi connectivity index (χ3n) is 3.49. The van der Waals surface area contributed by atoms with Gasteiger partial charge in [0.05, 0.1) is 6.04 Å². The first kappa shape index (κ1) is 19.5. The zero-order chi connectivity index (χ0) is 17.8. The summed E-state index contributed by atoms with van der Waals surface area (Å²) in [6.45, 7) is 1.86. The van der Waals surface area contributed by atoms with Crippen LogP contribution in [0.5, 0.6) is 0 Å². The summed E-state index contributed by atoms with van der Waals surface area (Å²) < 4.78 is 0. The third-order valence-corrected chi connectivity index (χ3v) is 3.49. The second-order valence-corrected chi connectivity index (χ2v) is 5.58. The van der Waals surface area contributed by atoms with Crippen LogP contribution >= 0.6 is 0 Å². The van der Waals surface area contributed by atoms with Crippen molar-refractivity contribution in [2.75, 3.05) is 6.54 Å². The van der Waals surface area contributed by atoms with E-state index in [1.54, 1.807) is 24.3 Å². The van der Waals surface area contributed by atoms with E-state index in [1.807, 2.05) is 6.07 Å². The summed E-state index contributed by atoms with van der Waals surface area (Å²) in [4.78, 5) is 45.2. The van der Waals surface area contributed by atoms with E-state index in [0.29, 0.717) is 31.4 Å². The number of ketones is 1. The SMILES string of the molecule is CC(=O)NC(C=O)CCCCNC(=O)CCC(=O)c1ccccc1. The fourth-order valence-electron chi connectivity index (χ4n) is 2.24. The number of carbonyl (C=O) groups is 4. The van der Waals surface area contributed by atoms with Crippen LogP contribution in [0.3, 0.4) is 0 Å². The number of Topliss-reactive ketones (excluding diaryl/α,β-unsaturated/α-hetero) is 1. The highest BCUT2D eigenvalue weighted by Crippen LogP contribution is 2.05. The van der Waals surface area contributed by atoms with Crippen molar-refractivity contribution in [3.05, 3.63) is 35.9 Å². The van der Waals surface area contributed by atoms with Crippen LogP contribution in [0, 0.1) is 0 Å². The molecule has 6 heteroatoms. The molecule has 1 aromatic rings. The third kappa shape index (κ3) is 8.22. The second kappa shape index (κ2) is 11.1. The Labute approximate surface area is 142 Å². The Balaban J connectivity index is 2.13. The standard InChI is InChI=1S/C18H24N2O4/c1-14(22)20-16(13-21)9-5-6-12-19-18(24)11-10-17(23)15-7-3-2-4-8-15/h2-4,7-8,13,16H,5-6,9-12H2,1H3,(H,19,24)(H,20,22). The lowest BCUT2D eigenvalue weighted by Crippen LogP contribution is -2.34. The quantitative estimate of drug-likeness (QED) is 0.366.